The Balaban J connectivity index is 1.96. The van der Waals surface area contributed by atoms with Gasteiger partial charge in [0.25, 0.3) is 0 Å². The highest BCUT2D eigenvalue weighted by Crippen LogP contribution is 2.27. The standard InChI is InChI=1S/C15H21N3O2/c1-3-6-20-15-9-11(2)16-14-10-13(17-18(14)15)12-4-7-19-8-5-12/h9-10,12H,3-8H2,1-2H3. The van der Waals surface area contributed by atoms with Crippen molar-refractivity contribution in [3.05, 3.63) is 23.5 Å². The molecule has 108 valence electrons. The smallest absolute Gasteiger partial charge is 0.218 e. The summed E-state index contributed by atoms with van der Waals surface area (Å²) in [6.07, 6.45) is 3.05. The molecule has 0 amide bonds. The van der Waals surface area contributed by atoms with Crippen LogP contribution in [0.25, 0.3) is 5.65 Å². The van der Waals surface area contributed by atoms with Crippen molar-refractivity contribution in [2.45, 2.75) is 39.0 Å². The first kappa shape index (κ1) is 13.4. The molecule has 0 aromatic carbocycles. The molecule has 0 atom stereocenters. The van der Waals surface area contributed by atoms with E-state index in [4.69, 9.17) is 14.6 Å². The van der Waals surface area contributed by atoms with E-state index in [1.165, 1.54) is 0 Å². The summed E-state index contributed by atoms with van der Waals surface area (Å²) in [7, 11) is 0. The van der Waals surface area contributed by atoms with Gasteiger partial charge in [0.15, 0.2) is 5.65 Å². The van der Waals surface area contributed by atoms with Crippen molar-refractivity contribution in [2.24, 2.45) is 0 Å². The van der Waals surface area contributed by atoms with E-state index in [1.807, 2.05) is 17.5 Å². The molecule has 20 heavy (non-hydrogen) atoms. The average Bonchev–Trinajstić information content (AvgIpc) is 2.89. The van der Waals surface area contributed by atoms with E-state index in [1.54, 1.807) is 0 Å². The molecule has 1 aliphatic rings. The normalized spacial score (nSPS) is 16.7. The molecule has 3 rings (SSSR count). The third kappa shape index (κ3) is 2.63. The van der Waals surface area contributed by atoms with Crippen LogP contribution in [0.4, 0.5) is 0 Å². The lowest BCUT2D eigenvalue weighted by molar-refractivity contribution is 0.0844. The number of fused-ring (bicyclic) bond motifs is 1. The molecule has 1 aliphatic heterocycles. The first-order valence-electron chi connectivity index (χ1n) is 7.36. The first-order chi connectivity index (χ1) is 9.78. The molecule has 0 unspecified atom stereocenters. The number of ether oxygens (including phenoxy) is 2. The zero-order chi connectivity index (χ0) is 13.9. The predicted molar refractivity (Wildman–Crippen MR) is 76.3 cm³/mol. The third-order valence-electron chi connectivity index (χ3n) is 3.64. The topological polar surface area (TPSA) is 48.7 Å². The van der Waals surface area contributed by atoms with Crippen LogP contribution in [0.3, 0.4) is 0 Å². The Bertz CT molecular complexity index is 588. The Labute approximate surface area is 118 Å². The van der Waals surface area contributed by atoms with Gasteiger partial charge >= 0.3 is 0 Å². The van der Waals surface area contributed by atoms with Gasteiger partial charge in [0.1, 0.15) is 0 Å². The highest BCUT2D eigenvalue weighted by Gasteiger charge is 2.20. The van der Waals surface area contributed by atoms with Crippen LogP contribution in [0.5, 0.6) is 5.88 Å². The minimum Gasteiger partial charge on any atom is -0.478 e. The van der Waals surface area contributed by atoms with Crippen LogP contribution in [0.1, 0.15) is 43.5 Å². The molecule has 1 fully saturated rings. The summed E-state index contributed by atoms with van der Waals surface area (Å²) in [6.45, 7) is 6.43. The largest absolute Gasteiger partial charge is 0.478 e. The van der Waals surface area contributed by atoms with Gasteiger partial charge in [0, 0.05) is 37.0 Å². The SMILES string of the molecule is CCCOc1cc(C)nc2cc(C3CCOCC3)nn12. The lowest BCUT2D eigenvalue weighted by atomic mass is 9.97. The van der Waals surface area contributed by atoms with E-state index in [0.29, 0.717) is 12.5 Å². The van der Waals surface area contributed by atoms with Gasteiger partial charge in [0.05, 0.1) is 12.3 Å². The van der Waals surface area contributed by atoms with Crippen molar-refractivity contribution in [1.82, 2.24) is 14.6 Å². The maximum atomic E-state index is 5.79. The number of aromatic nitrogens is 3. The third-order valence-corrected chi connectivity index (χ3v) is 3.64. The summed E-state index contributed by atoms with van der Waals surface area (Å²) >= 11 is 0. The van der Waals surface area contributed by atoms with E-state index < -0.39 is 0 Å². The second-order valence-electron chi connectivity index (χ2n) is 5.31. The van der Waals surface area contributed by atoms with Crippen LogP contribution in [-0.2, 0) is 4.74 Å². The average molecular weight is 275 g/mol. The minimum atomic E-state index is 0.477. The van der Waals surface area contributed by atoms with Gasteiger partial charge < -0.3 is 9.47 Å². The quantitative estimate of drug-likeness (QED) is 0.861. The fraction of sp³-hybridized carbons (Fsp3) is 0.600. The van der Waals surface area contributed by atoms with Crippen LogP contribution in [0, 0.1) is 6.92 Å². The lowest BCUT2D eigenvalue weighted by Crippen LogP contribution is -2.14. The molecule has 0 radical (unpaired) electrons. The van der Waals surface area contributed by atoms with E-state index in [0.717, 1.165) is 55.4 Å². The Kier molecular flexibility index (Phi) is 3.87. The van der Waals surface area contributed by atoms with Gasteiger partial charge in [-0.2, -0.15) is 9.61 Å². The monoisotopic (exact) mass is 275 g/mol. The zero-order valence-electron chi connectivity index (χ0n) is 12.1. The van der Waals surface area contributed by atoms with Gasteiger partial charge in [-0.05, 0) is 26.2 Å². The second-order valence-corrected chi connectivity index (χ2v) is 5.31. The van der Waals surface area contributed by atoms with Crippen molar-refractivity contribution < 1.29 is 9.47 Å². The van der Waals surface area contributed by atoms with E-state index in [9.17, 15) is 0 Å². The molecule has 5 heteroatoms. The number of hydrogen-bond acceptors (Lipinski definition) is 4. The minimum absolute atomic E-state index is 0.477. The molecule has 0 N–H and O–H groups in total. The number of aryl methyl sites for hydroxylation is 1. The molecule has 2 aromatic heterocycles. The summed E-state index contributed by atoms with van der Waals surface area (Å²) in [5, 5.41) is 4.70. The molecule has 0 aliphatic carbocycles. The fourth-order valence-electron chi connectivity index (χ4n) is 2.59. The first-order valence-corrected chi connectivity index (χ1v) is 7.36. The number of nitrogens with zero attached hydrogens (tertiary/aromatic N) is 3. The van der Waals surface area contributed by atoms with Gasteiger partial charge in [0.2, 0.25) is 5.88 Å². The van der Waals surface area contributed by atoms with Crippen LogP contribution in [-0.4, -0.2) is 34.4 Å². The molecule has 3 heterocycles. The zero-order valence-corrected chi connectivity index (χ0v) is 12.1. The predicted octanol–water partition coefficient (Wildman–Crippen LogP) is 2.72. The van der Waals surface area contributed by atoms with Crippen LogP contribution < -0.4 is 4.74 Å². The number of rotatable bonds is 4. The van der Waals surface area contributed by atoms with Gasteiger partial charge in [-0.1, -0.05) is 6.92 Å². The van der Waals surface area contributed by atoms with Gasteiger partial charge in [-0.3, -0.25) is 0 Å². The summed E-state index contributed by atoms with van der Waals surface area (Å²) in [5.41, 5.74) is 2.94. The van der Waals surface area contributed by atoms with Crippen molar-refractivity contribution in [3.8, 4) is 5.88 Å². The van der Waals surface area contributed by atoms with Crippen molar-refractivity contribution in [3.63, 3.8) is 0 Å². The molecule has 2 aromatic rings. The Morgan fingerprint density at radius 2 is 2.15 bits per heavy atom. The van der Waals surface area contributed by atoms with Gasteiger partial charge in [-0.25, -0.2) is 4.98 Å². The molecular formula is C15H21N3O2. The lowest BCUT2D eigenvalue weighted by Gasteiger charge is -2.19. The second kappa shape index (κ2) is 5.79. The van der Waals surface area contributed by atoms with E-state index in [-0.39, 0.29) is 0 Å². The summed E-state index contributed by atoms with van der Waals surface area (Å²) < 4.78 is 13.0. The van der Waals surface area contributed by atoms with Gasteiger partial charge in [-0.15, -0.1) is 0 Å². The maximum absolute atomic E-state index is 5.79. The Morgan fingerprint density at radius 3 is 2.90 bits per heavy atom. The maximum Gasteiger partial charge on any atom is 0.218 e. The van der Waals surface area contributed by atoms with Crippen molar-refractivity contribution in [1.29, 1.82) is 0 Å². The molecule has 0 saturated carbocycles. The molecule has 1 saturated heterocycles. The van der Waals surface area contributed by atoms with Crippen LogP contribution >= 0.6 is 0 Å². The molecule has 0 bridgehead atoms. The summed E-state index contributed by atoms with van der Waals surface area (Å²) in [5.74, 6) is 1.26. The van der Waals surface area contributed by atoms with Crippen molar-refractivity contribution >= 4 is 5.65 Å². The summed E-state index contributed by atoms with van der Waals surface area (Å²) in [6, 6.07) is 4.03. The van der Waals surface area contributed by atoms with Crippen LogP contribution in [0.2, 0.25) is 0 Å². The highest BCUT2D eigenvalue weighted by molar-refractivity contribution is 5.44. The Hall–Kier alpha value is -1.62. The van der Waals surface area contributed by atoms with E-state index in [2.05, 4.69) is 18.0 Å². The number of hydrogen-bond donors (Lipinski definition) is 0. The Morgan fingerprint density at radius 1 is 1.35 bits per heavy atom. The van der Waals surface area contributed by atoms with E-state index >= 15 is 0 Å². The highest BCUT2D eigenvalue weighted by atomic mass is 16.5. The fourth-order valence-corrected chi connectivity index (χ4v) is 2.59. The van der Waals surface area contributed by atoms with Crippen molar-refractivity contribution in [2.75, 3.05) is 19.8 Å². The summed E-state index contributed by atoms with van der Waals surface area (Å²) in [4.78, 5) is 4.55. The van der Waals surface area contributed by atoms with Crippen LogP contribution in [0.15, 0.2) is 12.1 Å². The molecule has 0 spiro atoms. The molecule has 5 nitrogen and oxygen atoms in total. The molecular weight excluding hydrogens is 254 g/mol.